The third-order valence-corrected chi connectivity index (χ3v) is 5.41. The second kappa shape index (κ2) is 8.52. The van der Waals surface area contributed by atoms with Gasteiger partial charge >= 0.3 is 5.69 Å². The number of carbonyl (C=O) groups is 1. The highest BCUT2D eigenvalue weighted by Crippen LogP contribution is 2.25. The summed E-state index contributed by atoms with van der Waals surface area (Å²) in [5.74, 6) is -0.155. The summed E-state index contributed by atoms with van der Waals surface area (Å²) in [4.78, 5) is 40.8. The number of quaternary nitrogens is 1. The van der Waals surface area contributed by atoms with Crippen molar-refractivity contribution in [3.8, 4) is 5.75 Å². The van der Waals surface area contributed by atoms with E-state index < -0.39 is 11.2 Å². The summed E-state index contributed by atoms with van der Waals surface area (Å²) in [6, 6.07) is 7.18. The summed E-state index contributed by atoms with van der Waals surface area (Å²) < 4.78 is 2.24. The highest BCUT2D eigenvalue weighted by atomic mass is 16.3. The predicted octanol–water partition coefficient (Wildman–Crippen LogP) is -1.17. The van der Waals surface area contributed by atoms with Crippen LogP contribution >= 0.6 is 0 Å². The summed E-state index contributed by atoms with van der Waals surface area (Å²) in [6.07, 6.45) is 0.662. The van der Waals surface area contributed by atoms with Crippen molar-refractivity contribution >= 4 is 17.3 Å². The molecule has 2 aromatic rings. The second-order valence-electron chi connectivity index (χ2n) is 7.38. The maximum atomic E-state index is 12.9. The average molecular weight is 402 g/mol. The monoisotopic (exact) mass is 402 g/mol. The number of anilines is 2. The Balaban J connectivity index is 1.74. The molecule has 2 heterocycles. The molecule has 1 fully saturated rings. The number of nitrogen functional groups attached to an aromatic ring is 1. The van der Waals surface area contributed by atoms with Crippen molar-refractivity contribution in [2.75, 3.05) is 43.4 Å². The number of nitrogens with zero attached hydrogens (tertiary/aromatic N) is 3. The Kier molecular flexibility index (Phi) is 6.07. The largest absolute Gasteiger partial charge is 0.506 e. The summed E-state index contributed by atoms with van der Waals surface area (Å²) in [5, 5.41) is 10.0. The summed E-state index contributed by atoms with van der Waals surface area (Å²) in [7, 11) is 1.37. The second-order valence-corrected chi connectivity index (χ2v) is 7.38. The van der Waals surface area contributed by atoms with Gasteiger partial charge in [0.1, 0.15) is 23.7 Å². The molecule has 0 atom stereocenters. The number of Topliss-reactive ketones (excluding diaryl/α,β-unsaturated/α-hetero) is 1. The molecule has 0 amide bonds. The number of piperazine rings is 1. The minimum absolute atomic E-state index is 0.0443. The molecule has 0 spiro atoms. The first kappa shape index (κ1) is 20.7. The van der Waals surface area contributed by atoms with Crippen LogP contribution in [0, 0.1) is 0 Å². The van der Waals surface area contributed by atoms with Gasteiger partial charge in [-0.1, -0.05) is 19.1 Å². The van der Waals surface area contributed by atoms with Crippen LogP contribution in [0.25, 0.3) is 0 Å². The molecular formula is C20H28N5O4+. The molecule has 3 rings (SSSR count). The lowest BCUT2D eigenvalue weighted by Crippen LogP contribution is -3.15. The highest BCUT2D eigenvalue weighted by Gasteiger charge is 2.28. The predicted molar refractivity (Wildman–Crippen MR) is 111 cm³/mol. The third kappa shape index (κ3) is 4.04. The number of nitrogens with one attached hydrogen (secondary N) is 1. The molecule has 4 N–H and O–H groups in total. The van der Waals surface area contributed by atoms with E-state index in [1.165, 1.54) is 11.6 Å². The van der Waals surface area contributed by atoms with Gasteiger partial charge in [-0.2, -0.15) is 0 Å². The SMILES string of the molecule is CCCn1c(N)c(C(=O)C[NH+]2CCN(c3ccccc3O)CC2)c(=O)n(C)c1=O. The van der Waals surface area contributed by atoms with E-state index in [1.54, 1.807) is 12.1 Å². The molecule has 0 bridgehead atoms. The number of ketones is 1. The van der Waals surface area contributed by atoms with Crippen molar-refractivity contribution in [2.24, 2.45) is 7.05 Å². The molecule has 0 aliphatic carbocycles. The number of phenolic OH excluding ortho intramolecular Hbond substituents is 1. The molecule has 1 aromatic carbocycles. The Morgan fingerprint density at radius 3 is 2.48 bits per heavy atom. The zero-order valence-electron chi connectivity index (χ0n) is 16.9. The lowest BCUT2D eigenvalue weighted by Gasteiger charge is -2.33. The minimum atomic E-state index is -0.642. The molecule has 1 aromatic heterocycles. The number of hydrogen-bond donors (Lipinski definition) is 3. The normalized spacial score (nSPS) is 14.9. The number of aromatic hydroxyl groups is 1. The first-order chi connectivity index (χ1) is 13.8. The van der Waals surface area contributed by atoms with Crippen LogP contribution in [-0.2, 0) is 13.6 Å². The summed E-state index contributed by atoms with van der Waals surface area (Å²) in [6.45, 7) is 5.13. The van der Waals surface area contributed by atoms with Crippen LogP contribution in [0.3, 0.4) is 0 Å². The van der Waals surface area contributed by atoms with Crippen LogP contribution in [0.15, 0.2) is 33.9 Å². The zero-order valence-corrected chi connectivity index (χ0v) is 16.9. The van der Waals surface area contributed by atoms with Gasteiger partial charge in [0.15, 0.2) is 0 Å². The van der Waals surface area contributed by atoms with E-state index in [-0.39, 0.29) is 29.5 Å². The fourth-order valence-electron chi connectivity index (χ4n) is 3.77. The van der Waals surface area contributed by atoms with Crippen molar-refractivity contribution in [1.82, 2.24) is 9.13 Å². The van der Waals surface area contributed by atoms with Gasteiger partial charge in [0.05, 0.1) is 31.9 Å². The Morgan fingerprint density at radius 1 is 1.21 bits per heavy atom. The lowest BCUT2D eigenvalue weighted by atomic mass is 10.1. The molecule has 9 heteroatoms. The van der Waals surface area contributed by atoms with E-state index in [1.807, 2.05) is 19.1 Å². The van der Waals surface area contributed by atoms with Crippen LogP contribution in [0.1, 0.15) is 23.7 Å². The van der Waals surface area contributed by atoms with Crippen molar-refractivity contribution < 1.29 is 14.8 Å². The standard InChI is InChI=1S/C20H27N5O4/c1-3-8-25-18(21)17(19(28)22(2)20(25)29)16(27)13-23-9-11-24(12-10-23)14-6-4-5-7-15(14)26/h4-7,26H,3,8-13,21H2,1-2H3/p+1. The number of benzene rings is 1. The quantitative estimate of drug-likeness (QED) is 0.525. The van der Waals surface area contributed by atoms with Crippen molar-refractivity contribution in [3.05, 3.63) is 50.7 Å². The van der Waals surface area contributed by atoms with E-state index in [0.717, 1.165) is 15.2 Å². The molecule has 0 unspecified atom stereocenters. The van der Waals surface area contributed by atoms with E-state index in [4.69, 9.17) is 5.73 Å². The number of nitrogens with two attached hydrogens (primary N) is 1. The van der Waals surface area contributed by atoms with Crippen molar-refractivity contribution in [3.63, 3.8) is 0 Å². The third-order valence-electron chi connectivity index (χ3n) is 5.41. The van der Waals surface area contributed by atoms with Gasteiger partial charge in [0, 0.05) is 13.6 Å². The van der Waals surface area contributed by atoms with Crippen molar-refractivity contribution in [2.45, 2.75) is 19.9 Å². The molecular weight excluding hydrogens is 374 g/mol. The van der Waals surface area contributed by atoms with Gasteiger partial charge in [-0.15, -0.1) is 0 Å². The van der Waals surface area contributed by atoms with E-state index in [9.17, 15) is 19.5 Å². The Hall–Kier alpha value is -3.07. The van der Waals surface area contributed by atoms with Gasteiger partial charge in [-0.25, -0.2) is 4.79 Å². The number of phenols is 1. The first-order valence-corrected chi connectivity index (χ1v) is 9.84. The summed E-state index contributed by atoms with van der Waals surface area (Å²) in [5.41, 5.74) is 5.58. The van der Waals surface area contributed by atoms with Gasteiger partial charge in [0.2, 0.25) is 5.78 Å². The average Bonchev–Trinajstić information content (AvgIpc) is 2.71. The molecule has 1 saturated heterocycles. The van der Waals surface area contributed by atoms with Gasteiger partial charge in [-0.3, -0.25) is 18.7 Å². The molecule has 1 aliphatic heterocycles. The molecule has 0 radical (unpaired) electrons. The fraction of sp³-hybridized carbons (Fsp3) is 0.450. The first-order valence-electron chi connectivity index (χ1n) is 9.84. The molecule has 29 heavy (non-hydrogen) atoms. The van der Waals surface area contributed by atoms with E-state index >= 15 is 0 Å². The maximum Gasteiger partial charge on any atom is 0.332 e. The molecule has 0 saturated carbocycles. The number of carbonyl (C=O) groups excluding carboxylic acids is 1. The van der Waals surface area contributed by atoms with Gasteiger partial charge in [-0.05, 0) is 18.6 Å². The smallest absolute Gasteiger partial charge is 0.332 e. The fourth-order valence-corrected chi connectivity index (χ4v) is 3.77. The number of aromatic nitrogens is 2. The Labute approximate surface area is 168 Å². The topological polar surface area (TPSA) is 115 Å². The Morgan fingerprint density at radius 2 is 1.86 bits per heavy atom. The lowest BCUT2D eigenvalue weighted by molar-refractivity contribution is -0.892. The number of hydrogen-bond acceptors (Lipinski definition) is 6. The van der Waals surface area contributed by atoms with Crippen LogP contribution in [0.5, 0.6) is 5.75 Å². The van der Waals surface area contributed by atoms with Crippen LogP contribution < -0.4 is 26.8 Å². The molecule has 9 nitrogen and oxygen atoms in total. The molecule has 156 valence electrons. The maximum absolute atomic E-state index is 12.9. The number of para-hydroxylation sites is 2. The van der Waals surface area contributed by atoms with E-state index in [0.29, 0.717) is 39.1 Å². The Bertz CT molecular complexity index is 1020. The van der Waals surface area contributed by atoms with E-state index in [2.05, 4.69) is 4.90 Å². The zero-order chi connectivity index (χ0) is 21.1. The highest BCUT2D eigenvalue weighted by molar-refractivity contribution is 6.00. The van der Waals surface area contributed by atoms with Crippen molar-refractivity contribution in [1.29, 1.82) is 0 Å². The summed E-state index contributed by atoms with van der Waals surface area (Å²) >= 11 is 0. The van der Waals surface area contributed by atoms with Crippen LogP contribution in [-0.4, -0.2) is 52.7 Å². The van der Waals surface area contributed by atoms with Crippen LogP contribution in [0.2, 0.25) is 0 Å². The minimum Gasteiger partial charge on any atom is -0.506 e. The molecule has 1 aliphatic rings. The van der Waals surface area contributed by atoms with Gasteiger partial charge < -0.3 is 20.6 Å². The van der Waals surface area contributed by atoms with Gasteiger partial charge in [0.25, 0.3) is 5.56 Å². The van der Waals surface area contributed by atoms with Crippen LogP contribution in [0.4, 0.5) is 11.5 Å². The number of rotatable bonds is 6.